The molecule has 1 aliphatic rings. The average molecular weight is 243 g/mol. The molecule has 0 unspecified atom stereocenters. The van der Waals surface area contributed by atoms with Gasteiger partial charge in [-0.3, -0.25) is 9.89 Å². The average Bonchev–Trinajstić information content (AvgIpc) is 3.11. The van der Waals surface area contributed by atoms with Crippen molar-refractivity contribution in [1.29, 1.82) is 0 Å². The highest BCUT2D eigenvalue weighted by atomic mass is 16.1. The first-order valence-electron chi connectivity index (χ1n) is 6.56. The van der Waals surface area contributed by atoms with Crippen molar-refractivity contribution in [3.63, 3.8) is 0 Å². The van der Waals surface area contributed by atoms with Gasteiger partial charge < -0.3 is 5.32 Å². The number of aromatic nitrogens is 2. The smallest absolute Gasteiger partial charge is 0.272 e. The van der Waals surface area contributed by atoms with Crippen LogP contribution in [0, 0.1) is 5.92 Å². The summed E-state index contributed by atoms with van der Waals surface area (Å²) in [5, 5.41) is 10.8. The third-order valence-electron chi connectivity index (χ3n) is 3.46. The molecule has 1 fully saturated rings. The van der Waals surface area contributed by atoms with Gasteiger partial charge in [0, 0.05) is 11.9 Å². The van der Waals surface area contributed by atoms with Gasteiger partial charge in [-0.1, -0.05) is 31.0 Å². The van der Waals surface area contributed by atoms with Gasteiger partial charge in [-0.2, -0.15) is 5.10 Å². The second kappa shape index (κ2) is 4.80. The molecule has 0 spiro atoms. The summed E-state index contributed by atoms with van der Waals surface area (Å²) in [6.45, 7) is 0.747. The summed E-state index contributed by atoms with van der Waals surface area (Å²) in [5.41, 5.74) is 1.40. The molecule has 0 atom stereocenters. The van der Waals surface area contributed by atoms with Crippen LogP contribution in [0.15, 0.2) is 24.3 Å². The Bertz CT molecular complexity index is 557. The molecule has 1 aromatic heterocycles. The van der Waals surface area contributed by atoms with Crippen LogP contribution in [-0.4, -0.2) is 22.6 Å². The van der Waals surface area contributed by atoms with Crippen LogP contribution >= 0.6 is 0 Å². The summed E-state index contributed by atoms with van der Waals surface area (Å²) < 4.78 is 0. The Morgan fingerprint density at radius 2 is 2.22 bits per heavy atom. The van der Waals surface area contributed by atoms with Crippen molar-refractivity contribution in [3.05, 3.63) is 30.0 Å². The summed E-state index contributed by atoms with van der Waals surface area (Å²) in [6.07, 6.45) is 5.05. The van der Waals surface area contributed by atoms with E-state index in [9.17, 15) is 4.79 Å². The monoisotopic (exact) mass is 243 g/mol. The van der Waals surface area contributed by atoms with E-state index >= 15 is 0 Å². The van der Waals surface area contributed by atoms with E-state index < -0.39 is 0 Å². The number of fused-ring (bicyclic) bond motifs is 1. The van der Waals surface area contributed by atoms with Crippen molar-refractivity contribution in [2.24, 2.45) is 5.92 Å². The molecule has 3 rings (SSSR count). The largest absolute Gasteiger partial charge is 0.351 e. The number of rotatable bonds is 5. The second-order valence-electron chi connectivity index (χ2n) is 4.96. The van der Waals surface area contributed by atoms with Gasteiger partial charge in [0.15, 0.2) is 5.69 Å². The van der Waals surface area contributed by atoms with E-state index in [0.717, 1.165) is 29.8 Å². The van der Waals surface area contributed by atoms with Crippen LogP contribution in [-0.2, 0) is 0 Å². The zero-order chi connectivity index (χ0) is 12.4. The lowest BCUT2D eigenvalue weighted by Gasteiger charge is -2.02. The number of nitrogens with one attached hydrogen (secondary N) is 2. The minimum atomic E-state index is -0.0803. The molecular formula is C14H17N3O. The molecule has 94 valence electrons. The molecule has 18 heavy (non-hydrogen) atoms. The van der Waals surface area contributed by atoms with Crippen molar-refractivity contribution in [2.75, 3.05) is 6.54 Å². The highest BCUT2D eigenvalue weighted by molar-refractivity contribution is 6.04. The normalized spacial score (nSPS) is 14.9. The summed E-state index contributed by atoms with van der Waals surface area (Å²) in [6, 6.07) is 7.68. The summed E-state index contributed by atoms with van der Waals surface area (Å²) in [7, 11) is 0. The van der Waals surface area contributed by atoms with Crippen molar-refractivity contribution in [3.8, 4) is 0 Å². The Balaban J connectivity index is 1.60. The minimum Gasteiger partial charge on any atom is -0.351 e. The number of carbonyl (C=O) groups is 1. The summed E-state index contributed by atoms with van der Waals surface area (Å²) in [4.78, 5) is 12.0. The Kier molecular flexibility index (Phi) is 3.00. The standard InChI is InChI=1S/C14H17N3O/c18-14(15-9-3-4-10-7-8-10)13-11-5-1-2-6-12(11)16-17-13/h1-2,5-6,10H,3-4,7-9H2,(H,15,18)(H,16,17). The van der Waals surface area contributed by atoms with Crippen LogP contribution in [0.4, 0.5) is 0 Å². The van der Waals surface area contributed by atoms with Crippen LogP contribution in [0.1, 0.15) is 36.2 Å². The number of carbonyl (C=O) groups excluding carboxylic acids is 1. The zero-order valence-electron chi connectivity index (χ0n) is 10.3. The van der Waals surface area contributed by atoms with Crippen molar-refractivity contribution >= 4 is 16.8 Å². The van der Waals surface area contributed by atoms with Crippen LogP contribution < -0.4 is 5.32 Å². The number of hydrogen-bond donors (Lipinski definition) is 2. The number of hydrogen-bond acceptors (Lipinski definition) is 2. The molecule has 4 heteroatoms. The van der Waals surface area contributed by atoms with E-state index in [1.807, 2.05) is 24.3 Å². The number of aromatic amines is 1. The van der Waals surface area contributed by atoms with Gasteiger partial charge in [0.25, 0.3) is 5.91 Å². The lowest BCUT2D eigenvalue weighted by atomic mass is 10.2. The molecule has 0 radical (unpaired) electrons. The topological polar surface area (TPSA) is 57.8 Å². The molecule has 1 aliphatic carbocycles. The molecule has 1 heterocycles. The SMILES string of the molecule is O=C(NCCCC1CC1)c1n[nH]c2ccccc12. The maximum atomic E-state index is 12.0. The van der Waals surface area contributed by atoms with E-state index in [4.69, 9.17) is 0 Å². The fraction of sp³-hybridized carbons (Fsp3) is 0.429. The van der Waals surface area contributed by atoms with Gasteiger partial charge in [0.05, 0.1) is 5.52 Å². The Morgan fingerprint density at radius 1 is 1.39 bits per heavy atom. The molecule has 1 aromatic carbocycles. The first-order chi connectivity index (χ1) is 8.84. The summed E-state index contributed by atoms with van der Waals surface area (Å²) >= 11 is 0. The number of amides is 1. The van der Waals surface area contributed by atoms with Crippen LogP contribution in [0.2, 0.25) is 0 Å². The van der Waals surface area contributed by atoms with Gasteiger partial charge in [-0.25, -0.2) is 0 Å². The van der Waals surface area contributed by atoms with Gasteiger partial charge in [-0.15, -0.1) is 0 Å². The Labute approximate surface area is 106 Å². The predicted octanol–water partition coefficient (Wildman–Crippen LogP) is 2.48. The lowest BCUT2D eigenvalue weighted by molar-refractivity contribution is 0.0949. The highest BCUT2D eigenvalue weighted by Crippen LogP contribution is 2.33. The molecule has 2 N–H and O–H groups in total. The molecule has 0 aliphatic heterocycles. The molecule has 0 saturated heterocycles. The maximum Gasteiger partial charge on any atom is 0.272 e. The van der Waals surface area contributed by atoms with Crippen LogP contribution in [0.25, 0.3) is 10.9 Å². The van der Waals surface area contributed by atoms with E-state index in [0.29, 0.717) is 5.69 Å². The van der Waals surface area contributed by atoms with Gasteiger partial charge >= 0.3 is 0 Å². The Hall–Kier alpha value is -1.84. The number of benzene rings is 1. The molecule has 4 nitrogen and oxygen atoms in total. The van der Waals surface area contributed by atoms with Crippen molar-refractivity contribution < 1.29 is 4.79 Å². The third-order valence-corrected chi connectivity index (χ3v) is 3.46. The third kappa shape index (κ3) is 2.37. The minimum absolute atomic E-state index is 0.0803. The van der Waals surface area contributed by atoms with E-state index in [1.54, 1.807) is 0 Å². The van der Waals surface area contributed by atoms with Crippen LogP contribution in [0.5, 0.6) is 0 Å². The number of H-pyrrole nitrogens is 1. The molecule has 1 saturated carbocycles. The van der Waals surface area contributed by atoms with E-state index in [1.165, 1.54) is 19.3 Å². The molecular weight excluding hydrogens is 226 g/mol. The summed E-state index contributed by atoms with van der Waals surface area (Å²) in [5.74, 6) is 0.844. The fourth-order valence-electron chi connectivity index (χ4n) is 2.22. The molecule has 0 bridgehead atoms. The van der Waals surface area contributed by atoms with Gasteiger partial charge in [0.1, 0.15) is 0 Å². The maximum absolute atomic E-state index is 12.0. The Morgan fingerprint density at radius 3 is 3.06 bits per heavy atom. The number of nitrogens with zero attached hydrogens (tertiary/aromatic N) is 1. The van der Waals surface area contributed by atoms with Crippen LogP contribution in [0.3, 0.4) is 0 Å². The fourth-order valence-corrected chi connectivity index (χ4v) is 2.22. The zero-order valence-corrected chi connectivity index (χ0v) is 10.3. The first-order valence-corrected chi connectivity index (χ1v) is 6.56. The van der Waals surface area contributed by atoms with E-state index in [-0.39, 0.29) is 5.91 Å². The van der Waals surface area contributed by atoms with Crippen molar-refractivity contribution in [1.82, 2.24) is 15.5 Å². The molecule has 1 amide bonds. The predicted molar refractivity (Wildman–Crippen MR) is 70.4 cm³/mol. The quantitative estimate of drug-likeness (QED) is 0.793. The number of para-hydroxylation sites is 1. The lowest BCUT2D eigenvalue weighted by Crippen LogP contribution is -2.25. The van der Waals surface area contributed by atoms with Gasteiger partial charge in [-0.05, 0) is 24.8 Å². The second-order valence-corrected chi connectivity index (χ2v) is 4.96. The van der Waals surface area contributed by atoms with E-state index in [2.05, 4.69) is 15.5 Å². The highest BCUT2D eigenvalue weighted by Gasteiger charge is 2.20. The van der Waals surface area contributed by atoms with Gasteiger partial charge in [0.2, 0.25) is 0 Å². The molecule has 2 aromatic rings. The first kappa shape index (κ1) is 11.3. The van der Waals surface area contributed by atoms with Crippen molar-refractivity contribution in [2.45, 2.75) is 25.7 Å².